The first kappa shape index (κ1) is 21.3. The number of hydrogen-bond acceptors (Lipinski definition) is 5. The molecular weight excluding hydrogens is 426 g/mol. The molecule has 1 saturated heterocycles. The van der Waals surface area contributed by atoms with E-state index in [0.717, 1.165) is 44.3 Å². The van der Waals surface area contributed by atoms with Crippen molar-refractivity contribution in [3.63, 3.8) is 0 Å². The number of esters is 1. The van der Waals surface area contributed by atoms with E-state index in [4.69, 9.17) is 4.74 Å². The standard InChI is InChI=1S/C29H35NO4/c1-4-30-15-27(3)11-10-23(34-26(33)17-8-6-5-7-9-17)29-21(27)12-19(24(29)30)28-14-18(16(2)25(28)32)20(31)13-22(28)29/h5-9,18-19,21-25,32H,2,4,10-15H2,1,3H3/t18-,19+,21-,22-,23+,24-,25-,27+,28+,29+/m1/s1. The Morgan fingerprint density at radius 1 is 1.26 bits per heavy atom. The number of benzene rings is 1. The molecule has 0 amide bonds. The van der Waals surface area contributed by atoms with Gasteiger partial charge in [0, 0.05) is 35.8 Å². The first-order valence-corrected chi connectivity index (χ1v) is 13.2. The fourth-order valence-electron chi connectivity index (χ4n) is 10.7. The van der Waals surface area contributed by atoms with Crippen molar-refractivity contribution in [2.24, 2.45) is 39.9 Å². The van der Waals surface area contributed by atoms with Crippen LogP contribution in [0.25, 0.3) is 0 Å². The van der Waals surface area contributed by atoms with Crippen molar-refractivity contribution in [1.29, 1.82) is 0 Å². The van der Waals surface area contributed by atoms with Crippen molar-refractivity contribution >= 4 is 11.8 Å². The number of aliphatic hydroxyl groups excluding tert-OH is 1. The molecule has 6 aliphatic rings. The van der Waals surface area contributed by atoms with Gasteiger partial charge in [-0.3, -0.25) is 9.69 Å². The fraction of sp³-hybridized carbons (Fsp3) is 0.655. The number of carbonyl (C=O) groups is 2. The molecule has 7 rings (SSSR count). The number of ketones is 1. The van der Waals surface area contributed by atoms with Crippen LogP contribution in [0.3, 0.4) is 0 Å². The molecule has 1 aromatic carbocycles. The van der Waals surface area contributed by atoms with Gasteiger partial charge in [0.2, 0.25) is 0 Å². The van der Waals surface area contributed by atoms with Crippen LogP contribution >= 0.6 is 0 Å². The summed E-state index contributed by atoms with van der Waals surface area (Å²) in [7, 11) is 0. The maximum Gasteiger partial charge on any atom is 0.338 e. The Balaban J connectivity index is 1.40. The molecule has 1 aliphatic heterocycles. The van der Waals surface area contributed by atoms with E-state index in [9.17, 15) is 14.7 Å². The van der Waals surface area contributed by atoms with Gasteiger partial charge in [0.15, 0.2) is 0 Å². The first-order valence-electron chi connectivity index (χ1n) is 13.2. The lowest BCUT2D eigenvalue weighted by atomic mass is 9.43. The molecule has 1 N–H and O–H groups in total. The van der Waals surface area contributed by atoms with Crippen LogP contribution in [0, 0.1) is 39.9 Å². The number of piperidine rings is 1. The molecule has 5 heteroatoms. The van der Waals surface area contributed by atoms with E-state index >= 15 is 0 Å². The Labute approximate surface area is 201 Å². The van der Waals surface area contributed by atoms with E-state index < -0.39 is 6.10 Å². The quantitative estimate of drug-likeness (QED) is 0.547. The average molecular weight is 462 g/mol. The van der Waals surface area contributed by atoms with Crippen LogP contribution in [0.4, 0.5) is 0 Å². The summed E-state index contributed by atoms with van der Waals surface area (Å²) in [5.74, 6) is 0.578. The van der Waals surface area contributed by atoms with Crippen LogP contribution < -0.4 is 0 Å². The number of hydrogen-bond donors (Lipinski definition) is 1. The molecule has 10 atom stereocenters. The van der Waals surface area contributed by atoms with Crippen molar-refractivity contribution in [3.8, 4) is 0 Å². The van der Waals surface area contributed by atoms with Crippen LogP contribution in [-0.4, -0.2) is 53.1 Å². The molecule has 1 heterocycles. The molecule has 180 valence electrons. The second kappa shape index (κ2) is 6.61. The maximum absolute atomic E-state index is 13.4. The molecule has 7 bridgehead atoms. The lowest BCUT2D eigenvalue weighted by Gasteiger charge is -2.65. The van der Waals surface area contributed by atoms with E-state index in [1.807, 2.05) is 30.3 Å². The highest BCUT2D eigenvalue weighted by Gasteiger charge is 2.85. The summed E-state index contributed by atoms with van der Waals surface area (Å²) in [6.45, 7) is 10.9. The van der Waals surface area contributed by atoms with E-state index in [-0.39, 0.29) is 52.0 Å². The molecule has 0 aromatic heterocycles. The van der Waals surface area contributed by atoms with E-state index in [0.29, 0.717) is 23.8 Å². The third-order valence-corrected chi connectivity index (χ3v) is 11.6. The lowest BCUT2D eigenvalue weighted by Crippen LogP contribution is -2.69. The molecule has 0 radical (unpaired) electrons. The van der Waals surface area contributed by atoms with Crippen molar-refractivity contribution in [2.75, 3.05) is 13.1 Å². The first-order chi connectivity index (χ1) is 16.3. The molecular formula is C29H35NO4. The van der Waals surface area contributed by atoms with Gasteiger partial charge in [-0.25, -0.2) is 4.79 Å². The summed E-state index contributed by atoms with van der Waals surface area (Å²) in [5, 5.41) is 11.7. The van der Waals surface area contributed by atoms with Gasteiger partial charge in [-0.05, 0) is 73.1 Å². The number of rotatable bonds is 3. The fourth-order valence-corrected chi connectivity index (χ4v) is 10.7. The Bertz CT molecular complexity index is 1100. The number of aliphatic hydroxyl groups is 1. The molecule has 2 spiro atoms. The van der Waals surface area contributed by atoms with Gasteiger partial charge in [-0.15, -0.1) is 0 Å². The van der Waals surface area contributed by atoms with Crippen LogP contribution in [0.1, 0.15) is 56.3 Å². The minimum atomic E-state index is -0.628. The zero-order valence-corrected chi connectivity index (χ0v) is 20.2. The highest BCUT2D eigenvalue weighted by molar-refractivity contribution is 5.89. The molecule has 5 aliphatic carbocycles. The van der Waals surface area contributed by atoms with Gasteiger partial charge in [0.05, 0.1) is 11.7 Å². The van der Waals surface area contributed by atoms with E-state index in [1.54, 1.807) is 0 Å². The molecule has 5 nitrogen and oxygen atoms in total. The molecule has 0 unspecified atom stereocenters. The van der Waals surface area contributed by atoms with Crippen molar-refractivity contribution in [2.45, 2.75) is 64.2 Å². The predicted molar refractivity (Wildman–Crippen MR) is 127 cm³/mol. The summed E-state index contributed by atoms with van der Waals surface area (Å²) in [6, 6.07) is 9.54. The Morgan fingerprint density at radius 2 is 2.03 bits per heavy atom. The topological polar surface area (TPSA) is 66.8 Å². The maximum atomic E-state index is 13.4. The van der Waals surface area contributed by atoms with Crippen LogP contribution in [0.15, 0.2) is 42.5 Å². The minimum absolute atomic E-state index is 0.0503. The molecule has 34 heavy (non-hydrogen) atoms. The SMILES string of the molecule is C=C1[C@H]2C[C@@]3([C@@H]1O)[C@@H](CC2=O)[C@@]12[C@@H](OC(=O)c4ccccc4)CC[C@@]4(C)CN(CC)[C@@H]1[C@@H]3C[C@H]42. The smallest absolute Gasteiger partial charge is 0.338 e. The summed E-state index contributed by atoms with van der Waals surface area (Å²) < 4.78 is 6.47. The van der Waals surface area contributed by atoms with E-state index in [1.165, 1.54) is 0 Å². The Morgan fingerprint density at radius 3 is 2.76 bits per heavy atom. The number of carbonyl (C=O) groups excluding carboxylic acids is 2. The third kappa shape index (κ3) is 2.17. The van der Waals surface area contributed by atoms with Gasteiger partial charge < -0.3 is 9.84 Å². The average Bonchev–Trinajstić information content (AvgIpc) is 3.36. The number of likely N-dealkylation sites (tertiary alicyclic amines) is 1. The Hall–Kier alpha value is -1.98. The zero-order chi connectivity index (χ0) is 23.6. The molecule has 6 fully saturated rings. The Kier molecular flexibility index (Phi) is 4.15. The van der Waals surface area contributed by atoms with Crippen LogP contribution in [0.2, 0.25) is 0 Å². The number of Topliss-reactive ketones (excluding diaryl/α,β-unsaturated/α-hetero) is 1. The minimum Gasteiger partial charge on any atom is -0.458 e. The second-order valence-corrected chi connectivity index (χ2v) is 12.4. The van der Waals surface area contributed by atoms with Gasteiger partial charge in [-0.2, -0.15) is 0 Å². The van der Waals surface area contributed by atoms with Crippen molar-refractivity contribution in [3.05, 3.63) is 48.0 Å². The van der Waals surface area contributed by atoms with Crippen molar-refractivity contribution < 1.29 is 19.4 Å². The van der Waals surface area contributed by atoms with Gasteiger partial charge in [-0.1, -0.05) is 38.6 Å². The third-order valence-electron chi connectivity index (χ3n) is 11.6. The normalized spacial score (nSPS) is 50.4. The summed E-state index contributed by atoms with van der Waals surface area (Å²) in [6.07, 6.45) is 3.33. The van der Waals surface area contributed by atoms with Gasteiger partial charge >= 0.3 is 5.97 Å². The molecule has 5 saturated carbocycles. The van der Waals surface area contributed by atoms with E-state index in [2.05, 4.69) is 25.3 Å². The monoisotopic (exact) mass is 461 g/mol. The van der Waals surface area contributed by atoms with Crippen LogP contribution in [0.5, 0.6) is 0 Å². The van der Waals surface area contributed by atoms with Crippen LogP contribution in [-0.2, 0) is 9.53 Å². The number of nitrogens with zero attached hydrogens (tertiary/aromatic N) is 1. The number of ether oxygens (including phenoxy) is 1. The largest absolute Gasteiger partial charge is 0.458 e. The molecule has 1 aromatic rings. The second-order valence-electron chi connectivity index (χ2n) is 12.4. The predicted octanol–water partition coefficient (Wildman–Crippen LogP) is 3.86. The number of fused-ring (bicyclic) bond motifs is 1. The lowest BCUT2D eigenvalue weighted by molar-refractivity contribution is -0.211. The highest BCUT2D eigenvalue weighted by Crippen LogP contribution is 2.83. The zero-order valence-electron chi connectivity index (χ0n) is 20.2. The van der Waals surface area contributed by atoms with Gasteiger partial charge in [0.1, 0.15) is 11.9 Å². The summed E-state index contributed by atoms with van der Waals surface area (Å²) in [5.41, 5.74) is 0.901. The summed E-state index contributed by atoms with van der Waals surface area (Å²) in [4.78, 5) is 29.4. The summed E-state index contributed by atoms with van der Waals surface area (Å²) >= 11 is 0. The van der Waals surface area contributed by atoms with Crippen molar-refractivity contribution in [1.82, 2.24) is 4.90 Å². The van der Waals surface area contributed by atoms with Gasteiger partial charge in [0.25, 0.3) is 0 Å². The highest BCUT2D eigenvalue weighted by atomic mass is 16.5.